The van der Waals surface area contributed by atoms with Crippen molar-refractivity contribution in [2.45, 2.75) is 11.5 Å². The quantitative estimate of drug-likeness (QED) is 0.399. The summed E-state index contributed by atoms with van der Waals surface area (Å²) in [4.78, 5) is 17.4. The minimum absolute atomic E-state index is 0.156. The van der Waals surface area contributed by atoms with Crippen LogP contribution in [0.15, 0.2) is 58.8 Å². The van der Waals surface area contributed by atoms with Crippen LogP contribution in [0.1, 0.15) is 5.69 Å². The molecule has 146 valence electrons. The Morgan fingerprint density at radius 1 is 1.04 bits per heavy atom. The number of carbonyl (C=O) groups excluding carboxylic acids is 1. The van der Waals surface area contributed by atoms with Gasteiger partial charge in [0.05, 0.1) is 25.7 Å². The van der Waals surface area contributed by atoms with Gasteiger partial charge in [0.1, 0.15) is 18.1 Å². The number of benzene rings is 2. The molecule has 0 aliphatic heterocycles. The number of rotatable bonds is 9. The highest BCUT2D eigenvalue weighted by Crippen LogP contribution is 2.24. The first kappa shape index (κ1) is 20.0. The van der Waals surface area contributed by atoms with Crippen LogP contribution in [0, 0.1) is 0 Å². The van der Waals surface area contributed by atoms with E-state index in [0.29, 0.717) is 5.69 Å². The summed E-state index contributed by atoms with van der Waals surface area (Å²) in [5, 5.41) is 5.83. The number of thiazole rings is 1. The van der Waals surface area contributed by atoms with Gasteiger partial charge in [0.2, 0.25) is 0 Å². The number of anilines is 2. The summed E-state index contributed by atoms with van der Waals surface area (Å²) in [6.07, 6.45) is 0. The highest BCUT2D eigenvalue weighted by molar-refractivity contribution is 8.00. The highest BCUT2D eigenvalue weighted by Gasteiger charge is 2.08. The molecular weight excluding hydrogens is 396 g/mol. The van der Waals surface area contributed by atoms with Gasteiger partial charge in [-0.05, 0) is 48.5 Å². The van der Waals surface area contributed by atoms with Gasteiger partial charge in [-0.2, -0.15) is 0 Å². The van der Waals surface area contributed by atoms with Crippen molar-refractivity contribution in [3.8, 4) is 11.5 Å². The fraction of sp³-hybridized carbons (Fsp3) is 0.200. The van der Waals surface area contributed by atoms with E-state index in [1.807, 2.05) is 53.9 Å². The van der Waals surface area contributed by atoms with E-state index in [1.165, 1.54) is 23.1 Å². The number of nitrogens with one attached hydrogen (secondary N) is 1. The maximum Gasteiger partial charge on any atom is 0.316 e. The van der Waals surface area contributed by atoms with Crippen molar-refractivity contribution in [3.05, 3.63) is 59.6 Å². The van der Waals surface area contributed by atoms with E-state index in [2.05, 4.69) is 10.3 Å². The lowest BCUT2D eigenvalue weighted by Gasteiger charge is -2.05. The third kappa shape index (κ3) is 5.90. The number of hydrogen-bond acceptors (Lipinski definition) is 8. The summed E-state index contributed by atoms with van der Waals surface area (Å²) in [7, 11) is 3.25. The number of thioether (sulfide) groups is 1. The van der Waals surface area contributed by atoms with E-state index < -0.39 is 0 Å². The van der Waals surface area contributed by atoms with Gasteiger partial charge in [-0.3, -0.25) is 4.79 Å². The largest absolute Gasteiger partial charge is 0.497 e. The Morgan fingerprint density at radius 3 is 2.32 bits per heavy atom. The van der Waals surface area contributed by atoms with Gasteiger partial charge in [-0.15, -0.1) is 23.1 Å². The van der Waals surface area contributed by atoms with Gasteiger partial charge >= 0.3 is 5.97 Å². The number of esters is 1. The summed E-state index contributed by atoms with van der Waals surface area (Å²) in [5.41, 5.74) is 1.62. The number of carbonyl (C=O) groups is 1. The second-order valence-electron chi connectivity index (χ2n) is 5.62. The first-order valence-electron chi connectivity index (χ1n) is 8.44. The molecule has 1 N–H and O–H groups in total. The van der Waals surface area contributed by atoms with E-state index in [1.54, 1.807) is 14.2 Å². The van der Waals surface area contributed by atoms with Crippen molar-refractivity contribution >= 4 is 39.9 Å². The predicted molar refractivity (Wildman–Crippen MR) is 112 cm³/mol. The summed E-state index contributed by atoms with van der Waals surface area (Å²) in [6, 6.07) is 15.1. The highest BCUT2D eigenvalue weighted by atomic mass is 32.2. The molecule has 28 heavy (non-hydrogen) atoms. The Balaban J connectivity index is 1.43. The van der Waals surface area contributed by atoms with Gasteiger partial charge in [-0.25, -0.2) is 4.98 Å². The van der Waals surface area contributed by atoms with Crippen LogP contribution in [0.3, 0.4) is 0 Å². The molecule has 3 aromatic rings. The lowest BCUT2D eigenvalue weighted by molar-refractivity contribution is -0.141. The van der Waals surface area contributed by atoms with E-state index in [-0.39, 0.29) is 18.3 Å². The van der Waals surface area contributed by atoms with Crippen molar-refractivity contribution in [1.29, 1.82) is 0 Å². The molecule has 0 saturated carbocycles. The molecule has 0 atom stereocenters. The van der Waals surface area contributed by atoms with Crippen LogP contribution in [0.25, 0.3) is 0 Å². The monoisotopic (exact) mass is 416 g/mol. The van der Waals surface area contributed by atoms with E-state index in [4.69, 9.17) is 14.2 Å². The molecule has 0 fully saturated rings. The summed E-state index contributed by atoms with van der Waals surface area (Å²) in [5.74, 6) is 1.55. The minimum Gasteiger partial charge on any atom is -0.497 e. The third-order valence-corrected chi connectivity index (χ3v) is 5.48. The third-order valence-electron chi connectivity index (χ3n) is 3.69. The average molecular weight is 417 g/mol. The van der Waals surface area contributed by atoms with Crippen LogP contribution in [-0.4, -0.2) is 30.9 Å². The fourth-order valence-corrected chi connectivity index (χ4v) is 3.65. The van der Waals surface area contributed by atoms with Crippen LogP contribution in [-0.2, 0) is 16.1 Å². The van der Waals surface area contributed by atoms with Crippen molar-refractivity contribution in [3.63, 3.8) is 0 Å². The van der Waals surface area contributed by atoms with Crippen LogP contribution in [0.5, 0.6) is 11.5 Å². The zero-order chi connectivity index (χ0) is 19.8. The van der Waals surface area contributed by atoms with Crippen LogP contribution in [0.4, 0.5) is 10.8 Å². The van der Waals surface area contributed by atoms with Gasteiger partial charge in [0, 0.05) is 16.0 Å². The summed E-state index contributed by atoms with van der Waals surface area (Å²) >= 11 is 2.88. The SMILES string of the molecule is COc1ccc(Nc2nc(COC(=O)CSc3ccc(OC)cc3)cs2)cc1. The molecule has 3 rings (SSSR count). The lowest BCUT2D eigenvalue weighted by Crippen LogP contribution is -2.07. The predicted octanol–water partition coefficient (Wildman–Crippen LogP) is 4.74. The molecule has 6 nitrogen and oxygen atoms in total. The molecule has 0 saturated heterocycles. The van der Waals surface area contributed by atoms with Crippen LogP contribution >= 0.6 is 23.1 Å². The second-order valence-corrected chi connectivity index (χ2v) is 7.53. The maximum atomic E-state index is 12.0. The maximum absolute atomic E-state index is 12.0. The van der Waals surface area contributed by atoms with Crippen molar-refractivity contribution in [2.75, 3.05) is 25.3 Å². The van der Waals surface area contributed by atoms with Crippen LogP contribution < -0.4 is 14.8 Å². The smallest absolute Gasteiger partial charge is 0.316 e. The normalized spacial score (nSPS) is 10.4. The first-order valence-corrected chi connectivity index (χ1v) is 10.3. The molecule has 2 aromatic carbocycles. The lowest BCUT2D eigenvalue weighted by atomic mass is 10.3. The van der Waals surface area contributed by atoms with Gasteiger partial charge in [0.25, 0.3) is 0 Å². The number of nitrogens with zero attached hydrogens (tertiary/aromatic N) is 1. The Hall–Kier alpha value is -2.71. The zero-order valence-electron chi connectivity index (χ0n) is 15.5. The van der Waals surface area contributed by atoms with E-state index in [0.717, 1.165) is 27.2 Å². The summed E-state index contributed by atoms with van der Waals surface area (Å²) < 4.78 is 15.6. The molecule has 0 radical (unpaired) electrons. The molecule has 1 aromatic heterocycles. The zero-order valence-corrected chi connectivity index (χ0v) is 17.1. The average Bonchev–Trinajstić information content (AvgIpc) is 3.19. The molecule has 0 unspecified atom stereocenters. The van der Waals surface area contributed by atoms with E-state index in [9.17, 15) is 4.79 Å². The molecule has 0 spiro atoms. The Morgan fingerprint density at radius 2 is 1.68 bits per heavy atom. The van der Waals surface area contributed by atoms with E-state index >= 15 is 0 Å². The Bertz CT molecular complexity index is 895. The molecule has 0 aliphatic rings. The standard InChI is InChI=1S/C20H20N2O4S2/c1-24-16-5-3-14(4-6-16)21-20-22-15(12-28-20)11-26-19(23)13-27-18-9-7-17(25-2)8-10-18/h3-10,12H,11,13H2,1-2H3,(H,21,22). The second kappa shape index (κ2) is 10.0. The van der Waals surface area contributed by atoms with Crippen molar-refractivity contribution in [1.82, 2.24) is 4.98 Å². The number of aromatic nitrogens is 1. The van der Waals surface area contributed by atoms with Crippen LogP contribution in [0.2, 0.25) is 0 Å². The molecular formula is C20H20N2O4S2. The molecule has 8 heteroatoms. The van der Waals surface area contributed by atoms with Gasteiger partial charge in [0.15, 0.2) is 5.13 Å². The first-order chi connectivity index (χ1) is 13.7. The van der Waals surface area contributed by atoms with Crippen molar-refractivity contribution < 1.29 is 19.0 Å². The topological polar surface area (TPSA) is 69.7 Å². The van der Waals surface area contributed by atoms with Crippen molar-refractivity contribution in [2.24, 2.45) is 0 Å². The molecule has 0 bridgehead atoms. The minimum atomic E-state index is -0.279. The molecule has 0 amide bonds. The molecule has 0 aliphatic carbocycles. The van der Waals surface area contributed by atoms with Gasteiger partial charge in [-0.1, -0.05) is 0 Å². The van der Waals surface area contributed by atoms with Gasteiger partial charge < -0.3 is 19.5 Å². The number of ether oxygens (including phenoxy) is 3. The number of methoxy groups -OCH3 is 2. The fourth-order valence-electron chi connectivity index (χ4n) is 2.24. The number of hydrogen-bond donors (Lipinski definition) is 1. The molecule has 1 heterocycles. The summed E-state index contributed by atoms with van der Waals surface area (Å²) in [6.45, 7) is 0.156. The Kier molecular flexibility index (Phi) is 7.16. The Labute approximate surface area is 171 Å².